The lowest BCUT2D eigenvalue weighted by Gasteiger charge is -2.25. The topological polar surface area (TPSA) is 98.9 Å². The Morgan fingerprint density at radius 2 is 1.92 bits per heavy atom. The minimum absolute atomic E-state index is 0.155. The van der Waals surface area contributed by atoms with Crippen LogP contribution in [0.1, 0.15) is 47.2 Å². The van der Waals surface area contributed by atoms with E-state index < -0.39 is 0 Å². The molecule has 3 rings (SSSR count). The molecule has 0 radical (unpaired) electrons. The molecule has 1 aliphatic rings. The van der Waals surface area contributed by atoms with Gasteiger partial charge in [0.05, 0.1) is 23.3 Å². The highest BCUT2D eigenvalue weighted by molar-refractivity contribution is 6.08. The van der Waals surface area contributed by atoms with Crippen LogP contribution in [0.4, 0.5) is 5.95 Å². The van der Waals surface area contributed by atoms with Gasteiger partial charge >= 0.3 is 0 Å². The van der Waals surface area contributed by atoms with Crippen molar-refractivity contribution in [3.05, 3.63) is 53.3 Å². The third-order valence-corrected chi connectivity index (χ3v) is 4.53. The first kappa shape index (κ1) is 17.1. The number of carbonyl (C=O) groups is 1. The molecule has 0 aliphatic heterocycles. The number of rotatable bonds is 5. The van der Waals surface area contributed by atoms with E-state index in [1.54, 1.807) is 24.3 Å². The summed E-state index contributed by atoms with van der Waals surface area (Å²) in [5, 5.41) is 21.6. The first-order chi connectivity index (χ1) is 12.2. The summed E-state index contributed by atoms with van der Waals surface area (Å²) in [6.45, 7) is 0.768. The molecule has 1 aliphatic carbocycles. The Morgan fingerprint density at radius 3 is 2.60 bits per heavy atom. The highest BCUT2D eigenvalue weighted by Gasteiger charge is 2.19. The molecule has 2 aromatic rings. The van der Waals surface area contributed by atoms with E-state index in [0.717, 1.165) is 32.2 Å². The van der Waals surface area contributed by atoms with Crippen LogP contribution in [0, 0.1) is 17.2 Å². The summed E-state index contributed by atoms with van der Waals surface area (Å²) < 4.78 is 0. The van der Waals surface area contributed by atoms with Crippen LogP contribution in [-0.2, 0) is 0 Å². The molecule has 0 spiro atoms. The summed E-state index contributed by atoms with van der Waals surface area (Å²) in [5.41, 5.74) is 1.29. The minimum atomic E-state index is -0.204. The van der Waals surface area contributed by atoms with Crippen molar-refractivity contribution in [2.45, 2.75) is 31.8 Å². The van der Waals surface area contributed by atoms with Crippen LogP contribution in [0.3, 0.4) is 0 Å². The van der Waals surface area contributed by atoms with Crippen LogP contribution in [0.25, 0.3) is 0 Å². The molecule has 6 nitrogen and oxygen atoms in total. The fraction of sp³-hybridized carbons (Fsp3) is 0.368. The largest absolute Gasteiger partial charge is 0.393 e. The Balaban J connectivity index is 1.60. The van der Waals surface area contributed by atoms with E-state index in [4.69, 9.17) is 5.26 Å². The van der Waals surface area contributed by atoms with Gasteiger partial charge in [0.15, 0.2) is 5.78 Å². The van der Waals surface area contributed by atoms with Crippen molar-refractivity contribution in [3.63, 3.8) is 0 Å². The Kier molecular flexibility index (Phi) is 5.36. The standard InChI is InChI=1S/C19H20N4O2/c20-9-14-2-1-3-15(8-14)18(25)16-11-22-19(23-12-16)21-10-13-4-6-17(24)7-5-13/h1-3,8,11-13,17,24H,4-7,10H2,(H,21,22,23). The van der Waals surface area contributed by atoms with E-state index in [-0.39, 0.29) is 11.9 Å². The molecule has 0 atom stereocenters. The van der Waals surface area contributed by atoms with Gasteiger partial charge in [-0.1, -0.05) is 12.1 Å². The first-order valence-electron chi connectivity index (χ1n) is 8.44. The van der Waals surface area contributed by atoms with Crippen molar-refractivity contribution < 1.29 is 9.90 Å². The molecule has 128 valence electrons. The smallest absolute Gasteiger partial charge is 0.222 e. The molecule has 0 unspecified atom stereocenters. The minimum Gasteiger partial charge on any atom is -0.393 e. The zero-order valence-corrected chi connectivity index (χ0v) is 13.9. The second-order valence-corrected chi connectivity index (χ2v) is 6.37. The zero-order valence-electron chi connectivity index (χ0n) is 13.9. The fourth-order valence-corrected chi connectivity index (χ4v) is 3.02. The lowest BCUT2D eigenvalue weighted by Crippen LogP contribution is -2.24. The van der Waals surface area contributed by atoms with Gasteiger partial charge in [-0.3, -0.25) is 4.79 Å². The van der Waals surface area contributed by atoms with Gasteiger partial charge in [-0.15, -0.1) is 0 Å². The van der Waals surface area contributed by atoms with Crippen LogP contribution in [0.15, 0.2) is 36.7 Å². The number of ketones is 1. The first-order valence-corrected chi connectivity index (χ1v) is 8.44. The SMILES string of the molecule is N#Cc1cccc(C(=O)c2cnc(NCC3CCC(O)CC3)nc2)c1. The van der Waals surface area contributed by atoms with E-state index >= 15 is 0 Å². The monoisotopic (exact) mass is 336 g/mol. The van der Waals surface area contributed by atoms with Gasteiger partial charge in [0, 0.05) is 24.5 Å². The predicted octanol–water partition coefficient (Wildman–Crippen LogP) is 2.54. The maximum atomic E-state index is 12.4. The molecule has 0 amide bonds. The number of benzene rings is 1. The van der Waals surface area contributed by atoms with Gasteiger partial charge in [0.25, 0.3) is 0 Å². The Morgan fingerprint density at radius 1 is 1.20 bits per heavy atom. The van der Waals surface area contributed by atoms with Crippen molar-refractivity contribution in [1.29, 1.82) is 5.26 Å². The lowest BCUT2D eigenvalue weighted by atomic mass is 9.87. The molecule has 1 aromatic carbocycles. The van der Waals surface area contributed by atoms with Gasteiger partial charge in [-0.05, 0) is 43.7 Å². The third-order valence-electron chi connectivity index (χ3n) is 4.53. The van der Waals surface area contributed by atoms with E-state index in [9.17, 15) is 9.90 Å². The molecule has 0 bridgehead atoms. The Bertz CT molecular complexity index is 775. The van der Waals surface area contributed by atoms with Gasteiger partial charge < -0.3 is 10.4 Å². The Labute approximate surface area is 146 Å². The average Bonchev–Trinajstić information content (AvgIpc) is 2.67. The quantitative estimate of drug-likeness (QED) is 0.814. The van der Waals surface area contributed by atoms with E-state index in [0.29, 0.717) is 28.6 Å². The number of aromatic nitrogens is 2. The van der Waals surface area contributed by atoms with Crippen molar-refractivity contribution in [2.75, 3.05) is 11.9 Å². The number of hydrogen-bond acceptors (Lipinski definition) is 6. The van der Waals surface area contributed by atoms with Gasteiger partial charge in [-0.25, -0.2) is 9.97 Å². The molecule has 6 heteroatoms. The average molecular weight is 336 g/mol. The number of carbonyl (C=O) groups excluding carboxylic acids is 1. The molecule has 0 saturated heterocycles. The number of hydrogen-bond donors (Lipinski definition) is 2. The van der Waals surface area contributed by atoms with Crippen molar-refractivity contribution >= 4 is 11.7 Å². The maximum absolute atomic E-state index is 12.4. The molecule has 1 saturated carbocycles. The third kappa shape index (κ3) is 4.40. The van der Waals surface area contributed by atoms with Crippen LogP contribution in [0.5, 0.6) is 0 Å². The number of nitrogens with one attached hydrogen (secondary N) is 1. The number of anilines is 1. The Hall–Kier alpha value is -2.78. The molecule has 1 fully saturated rings. The van der Waals surface area contributed by atoms with Crippen LogP contribution < -0.4 is 5.32 Å². The van der Waals surface area contributed by atoms with Gasteiger partial charge in [-0.2, -0.15) is 5.26 Å². The number of aliphatic hydroxyl groups excluding tert-OH is 1. The second-order valence-electron chi connectivity index (χ2n) is 6.37. The van der Waals surface area contributed by atoms with Crippen LogP contribution in [-0.4, -0.2) is 33.5 Å². The normalized spacial score (nSPS) is 19.8. The zero-order chi connectivity index (χ0) is 17.6. The molecular formula is C19H20N4O2. The molecule has 1 aromatic heterocycles. The van der Waals surface area contributed by atoms with Crippen molar-refractivity contribution in [3.8, 4) is 6.07 Å². The fourth-order valence-electron chi connectivity index (χ4n) is 3.02. The molecule has 25 heavy (non-hydrogen) atoms. The van der Waals surface area contributed by atoms with Gasteiger partial charge in [0.1, 0.15) is 0 Å². The summed E-state index contributed by atoms with van der Waals surface area (Å²) in [6.07, 6.45) is 6.55. The lowest BCUT2D eigenvalue weighted by molar-refractivity contribution is 0.103. The number of nitrogens with zero attached hydrogens (tertiary/aromatic N) is 3. The van der Waals surface area contributed by atoms with Crippen LogP contribution >= 0.6 is 0 Å². The predicted molar refractivity (Wildman–Crippen MR) is 93.1 cm³/mol. The summed E-state index contributed by atoms with van der Waals surface area (Å²) in [5.74, 6) is 0.806. The molecular weight excluding hydrogens is 316 g/mol. The summed E-state index contributed by atoms with van der Waals surface area (Å²) in [4.78, 5) is 20.8. The van der Waals surface area contributed by atoms with Gasteiger partial charge in [0.2, 0.25) is 5.95 Å². The molecule has 1 heterocycles. The number of nitriles is 1. The highest BCUT2D eigenvalue weighted by atomic mass is 16.3. The van der Waals surface area contributed by atoms with E-state index in [1.165, 1.54) is 12.4 Å². The summed E-state index contributed by atoms with van der Waals surface area (Å²) >= 11 is 0. The maximum Gasteiger partial charge on any atom is 0.222 e. The van der Waals surface area contributed by atoms with E-state index in [1.807, 2.05) is 6.07 Å². The second kappa shape index (κ2) is 7.86. The summed E-state index contributed by atoms with van der Waals surface area (Å²) in [6, 6.07) is 8.60. The van der Waals surface area contributed by atoms with Crippen molar-refractivity contribution in [2.24, 2.45) is 5.92 Å². The summed E-state index contributed by atoms with van der Waals surface area (Å²) in [7, 11) is 0. The molecule has 2 N–H and O–H groups in total. The van der Waals surface area contributed by atoms with Crippen molar-refractivity contribution in [1.82, 2.24) is 9.97 Å². The van der Waals surface area contributed by atoms with Crippen LogP contribution in [0.2, 0.25) is 0 Å². The number of aliphatic hydroxyl groups is 1. The highest BCUT2D eigenvalue weighted by Crippen LogP contribution is 2.24. The van der Waals surface area contributed by atoms with E-state index in [2.05, 4.69) is 15.3 Å².